The lowest BCUT2D eigenvalue weighted by molar-refractivity contribution is -0.143. The van der Waals surface area contributed by atoms with Gasteiger partial charge in [-0.2, -0.15) is 0 Å². The summed E-state index contributed by atoms with van der Waals surface area (Å²) in [5, 5.41) is 3.76. The maximum absolute atomic E-state index is 12.3. The van der Waals surface area contributed by atoms with Crippen molar-refractivity contribution < 1.29 is 13.9 Å². The van der Waals surface area contributed by atoms with Crippen molar-refractivity contribution >= 4 is 39.2 Å². The fraction of sp³-hybridized carbons (Fsp3) is 0.261. The number of ether oxygens (including phenoxy) is 1. The number of carbonyl (C=O) groups excluding carboxylic acids is 1. The molecule has 8 heteroatoms. The highest BCUT2D eigenvalue weighted by Gasteiger charge is 2.42. The fourth-order valence-electron chi connectivity index (χ4n) is 3.71. The minimum Gasteiger partial charge on any atom is -0.465 e. The van der Waals surface area contributed by atoms with E-state index in [1.807, 2.05) is 55.5 Å². The molecule has 160 valence electrons. The van der Waals surface area contributed by atoms with E-state index < -0.39 is 0 Å². The van der Waals surface area contributed by atoms with E-state index in [-0.39, 0.29) is 24.6 Å². The Bertz CT molecular complexity index is 1100. The number of furan rings is 1. The summed E-state index contributed by atoms with van der Waals surface area (Å²) in [6, 6.07) is 15.1. The van der Waals surface area contributed by atoms with Crippen LogP contribution >= 0.6 is 28.1 Å². The molecule has 1 aliphatic rings. The number of nitrogens with zero attached hydrogens (tertiary/aromatic N) is 2. The van der Waals surface area contributed by atoms with Crippen molar-refractivity contribution in [3.63, 3.8) is 0 Å². The van der Waals surface area contributed by atoms with Gasteiger partial charge in [-0.05, 0) is 68.0 Å². The number of hydrogen-bond acceptors (Lipinski definition) is 5. The van der Waals surface area contributed by atoms with Crippen LogP contribution in [0, 0.1) is 6.92 Å². The normalized spacial score (nSPS) is 18.2. The monoisotopic (exact) mass is 499 g/mol. The Morgan fingerprint density at radius 3 is 2.84 bits per heavy atom. The highest BCUT2D eigenvalue weighted by Crippen LogP contribution is 2.41. The quantitative estimate of drug-likeness (QED) is 0.380. The molecule has 1 aromatic carbocycles. The summed E-state index contributed by atoms with van der Waals surface area (Å²) >= 11 is 9.18. The van der Waals surface area contributed by atoms with Crippen molar-refractivity contribution in [1.29, 1.82) is 0 Å². The first kappa shape index (κ1) is 21.5. The first-order valence-electron chi connectivity index (χ1n) is 9.98. The molecule has 1 fully saturated rings. The van der Waals surface area contributed by atoms with Crippen molar-refractivity contribution in [2.45, 2.75) is 25.9 Å². The predicted molar refractivity (Wildman–Crippen MR) is 125 cm³/mol. The number of nitrogens with one attached hydrogen (secondary N) is 1. The SMILES string of the molecule is CCOC(=O)CN1C(=S)N[C@H](c2ccccn2)[C@@H]1c1ccc(-c2ccc(C)cc2Br)o1. The standard InChI is InChI=1S/C23H22BrN3O3S/c1-3-29-20(28)13-27-22(21(26-23(27)31)17-6-4-5-11-25-17)19-10-9-18(30-19)15-8-7-14(2)12-16(15)24/h4-12,21-22H,3,13H2,1-2H3,(H,26,31)/t21-,22+/m1/s1. The Morgan fingerprint density at radius 1 is 1.29 bits per heavy atom. The molecule has 0 bridgehead atoms. The fourth-order valence-corrected chi connectivity index (χ4v) is 4.70. The molecule has 1 saturated heterocycles. The third kappa shape index (κ3) is 4.50. The highest BCUT2D eigenvalue weighted by molar-refractivity contribution is 9.10. The molecule has 0 unspecified atom stereocenters. The zero-order valence-corrected chi connectivity index (χ0v) is 19.6. The summed E-state index contributed by atoms with van der Waals surface area (Å²) in [7, 11) is 0. The van der Waals surface area contributed by atoms with Gasteiger partial charge >= 0.3 is 5.97 Å². The molecule has 4 rings (SSSR count). The summed E-state index contributed by atoms with van der Waals surface area (Å²) in [5.41, 5.74) is 2.93. The molecular formula is C23H22BrN3O3S. The molecule has 1 N–H and O–H groups in total. The molecular weight excluding hydrogens is 478 g/mol. The Labute approximate surface area is 194 Å². The molecule has 0 spiro atoms. The van der Waals surface area contributed by atoms with Crippen LogP contribution in [0.1, 0.15) is 36.0 Å². The van der Waals surface area contributed by atoms with Gasteiger partial charge in [0.15, 0.2) is 5.11 Å². The van der Waals surface area contributed by atoms with E-state index in [0.717, 1.165) is 27.1 Å². The van der Waals surface area contributed by atoms with E-state index in [1.165, 1.54) is 0 Å². The summed E-state index contributed by atoms with van der Waals surface area (Å²) in [4.78, 5) is 18.6. The second kappa shape index (κ2) is 9.20. The summed E-state index contributed by atoms with van der Waals surface area (Å²) < 4.78 is 12.4. The van der Waals surface area contributed by atoms with Crippen molar-refractivity contribution in [2.75, 3.05) is 13.2 Å². The van der Waals surface area contributed by atoms with Crippen molar-refractivity contribution in [3.8, 4) is 11.3 Å². The van der Waals surface area contributed by atoms with E-state index in [4.69, 9.17) is 21.4 Å². The van der Waals surface area contributed by atoms with Gasteiger partial charge in [0.25, 0.3) is 0 Å². The van der Waals surface area contributed by atoms with Crippen LogP contribution in [0.4, 0.5) is 0 Å². The summed E-state index contributed by atoms with van der Waals surface area (Å²) in [6.45, 7) is 4.16. The lowest BCUT2D eigenvalue weighted by Gasteiger charge is -2.25. The van der Waals surface area contributed by atoms with Crippen LogP contribution < -0.4 is 5.32 Å². The number of carbonyl (C=O) groups is 1. The Morgan fingerprint density at radius 2 is 2.13 bits per heavy atom. The van der Waals surface area contributed by atoms with Crippen LogP contribution in [0.3, 0.4) is 0 Å². The molecule has 1 aliphatic heterocycles. The van der Waals surface area contributed by atoms with Gasteiger partial charge in [0.05, 0.1) is 18.3 Å². The maximum Gasteiger partial charge on any atom is 0.325 e. The second-order valence-corrected chi connectivity index (χ2v) is 8.49. The lowest BCUT2D eigenvalue weighted by atomic mass is 10.0. The number of esters is 1. The first-order chi connectivity index (χ1) is 15.0. The van der Waals surface area contributed by atoms with E-state index >= 15 is 0 Å². The molecule has 0 radical (unpaired) electrons. The van der Waals surface area contributed by atoms with Crippen molar-refractivity contribution in [2.24, 2.45) is 0 Å². The number of hydrogen-bond donors (Lipinski definition) is 1. The van der Waals surface area contributed by atoms with Gasteiger partial charge in [-0.15, -0.1) is 0 Å². The summed E-state index contributed by atoms with van der Waals surface area (Å²) in [6.07, 6.45) is 1.74. The van der Waals surface area contributed by atoms with Crippen LogP contribution in [-0.2, 0) is 9.53 Å². The van der Waals surface area contributed by atoms with Crippen LogP contribution in [-0.4, -0.2) is 34.1 Å². The lowest BCUT2D eigenvalue weighted by Crippen LogP contribution is -2.35. The van der Waals surface area contributed by atoms with Crippen molar-refractivity contribution in [1.82, 2.24) is 15.2 Å². The van der Waals surface area contributed by atoms with E-state index in [0.29, 0.717) is 17.5 Å². The van der Waals surface area contributed by atoms with Crippen LogP contribution in [0.25, 0.3) is 11.3 Å². The average Bonchev–Trinajstić information content (AvgIpc) is 3.34. The number of aromatic nitrogens is 1. The average molecular weight is 500 g/mol. The molecule has 3 aromatic rings. The van der Waals surface area contributed by atoms with Gasteiger partial charge < -0.3 is 19.4 Å². The molecule has 2 atom stereocenters. The second-order valence-electron chi connectivity index (χ2n) is 7.24. The third-order valence-electron chi connectivity index (χ3n) is 5.11. The molecule has 0 saturated carbocycles. The smallest absolute Gasteiger partial charge is 0.325 e. The minimum atomic E-state index is -0.343. The van der Waals surface area contributed by atoms with E-state index in [2.05, 4.69) is 26.2 Å². The minimum absolute atomic E-state index is 0.0257. The maximum atomic E-state index is 12.3. The zero-order valence-electron chi connectivity index (χ0n) is 17.2. The molecule has 0 amide bonds. The Balaban J connectivity index is 1.72. The van der Waals surface area contributed by atoms with Crippen molar-refractivity contribution in [3.05, 3.63) is 76.2 Å². The Kier molecular flexibility index (Phi) is 6.38. The molecule has 31 heavy (non-hydrogen) atoms. The third-order valence-corrected chi connectivity index (χ3v) is 6.12. The molecule has 3 heterocycles. The number of pyridine rings is 1. The topological polar surface area (TPSA) is 67.6 Å². The largest absolute Gasteiger partial charge is 0.465 e. The van der Waals surface area contributed by atoms with Gasteiger partial charge in [0, 0.05) is 16.2 Å². The van der Waals surface area contributed by atoms with Crippen LogP contribution in [0.5, 0.6) is 0 Å². The van der Waals surface area contributed by atoms with Crippen LogP contribution in [0.2, 0.25) is 0 Å². The van der Waals surface area contributed by atoms with Crippen LogP contribution in [0.15, 0.2) is 63.6 Å². The molecule has 0 aliphatic carbocycles. The number of thiocarbonyl (C=S) groups is 1. The number of rotatable bonds is 6. The highest BCUT2D eigenvalue weighted by atomic mass is 79.9. The van der Waals surface area contributed by atoms with Gasteiger partial charge in [-0.25, -0.2) is 0 Å². The number of aryl methyl sites for hydroxylation is 1. The number of benzene rings is 1. The molecule has 6 nitrogen and oxygen atoms in total. The van der Waals surface area contributed by atoms with Gasteiger partial charge in [0.2, 0.25) is 0 Å². The van der Waals surface area contributed by atoms with Gasteiger partial charge in [0.1, 0.15) is 24.1 Å². The van der Waals surface area contributed by atoms with E-state index in [1.54, 1.807) is 18.0 Å². The van der Waals surface area contributed by atoms with Gasteiger partial charge in [-0.3, -0.25) is 9.78 Å². The van der Waals surface area contributed by atoms with Gasteiger partial charge in [-0.1, -0.05) is 28.1 Å². The van der Waals surface area contributed by atoms with E-state index in [9.17, 15) is 4.79 Å². The zero-order chi connectivity index (χ0) is 22.0. The first-order valence-corrected chi connectivity index (χ1v) is 11.2. The summed E-state index contributed by atoms with van der Waals surface area (Å²) in [5.74, 6) is 1.08. The molecule has 2 aromatic heterocycles. The number of halogens is 1. The predicted octanol–water partition coefficient (Wildman–Crippen LogP) is 4.95. The Hall–Kier alpha value is -2.71.